The van der Waals surface area contributed by atoms with E-state index in [0.717, 1.165) is 18.4 Å². The number of hydrogen-bond acceptors (Lipinski definition) is 5. The Morgan fingerprint density at radius 2 is 2.25 bits per heavy atom. The quantitative estimate of drug-likeness (QED) is 0.755. The van der Waals surface area contributed by atoms with Gasteiger partial charge in [0.2, 0.25) is 5.88 Å². The average molecular weight is 280 g/mol. The SMILES string of the molecule is COc1cc(CNCC(O)COC2CCCC2)ccn1. The summed E-state index contributed by atoms with van der Waals surface area (Å²) in [5.74, 6) is 0.606. The summed E-state index contributed by atoms with van der Waals surface area (Å²) < 4.78 is 10.8. The highest BCUT2D eigenvalue weighted by Crippen LogP contribution is 2.20. The lowest BCUT2D eigenvalue weighted by atomic mass is 10.2. The highest BCUT2D eigenvalue weighted by Gasteiger charge is 2.16. The Kier molecular flexibility index (Phi) is 6.24. The summed E-state index contributed by atoms with van der Waals surface area (Å²) in [5.41, 5.74) is 1.08. The summed E-state index contributed by atoms with van der Waals surface area (Å²) in [6.07, 6.45) is 6.39. The van der Waals surface area contributed by atoms with Crippen molar-refractivity contribution in [2.45, 2.75) is 44.4 Å². The Bertz CT molecular complexity index is 394. The van der Waals surface area contributed by atoms with Crippen LogP contribution in [0.1, 0.15) is 31.2 Å². The molecule has 1 heterocycles. The first kappa shape index (κ1) is 15.2. The Morgan fingerprint density at radius 3 is 3.00 bits per heavy atom. The number of methoxy groups -OCH3 is 1. The maximum atomic E-state index is 9.86. The van der Waals surface area contributed by atoms with Crippen LogP contribution in [0.3, 0.4) is 0 Å². The summed E-state index contributed by atoms with van der Waals surface area (Å²) in [7, 11) is 1.60. The highest BCUT2D eigenvalue weighted by molar-refractivity contribution is 5.20. The van der Waals surface area contributed by atoms with Gasteiger partial charge < -0.3 is 19.9 Å². The Labute approximate surface area is 120 Å². The number of hydrogen-bond donors (Lipinski definition) is 2. The molecule has 0 bridgehead atoms. The van der Waals surface area contributed by atoms with Crippen molar-refractivity contribution in [1.29, 1.82) is 0 Å². The monoisotopic (exact) mass is 280 g/mol. The van der Waals surface area contributed by atoms with Gasteiger partial charge in [-0.25, -0.2) is 4.98 Å². The fourth-order valence-corrected chi connectivity index (χ4v) is 2.42. The van der Waals surface area contributed by atoms with Gasteiger partial charge in [0.05, 0.1) is 25.9 Å². The topological polar surface area (TPSA) is 63.6 Å². The molecule has 1 unspecified atom stereocenters. The van der Waals surface area contributed by atoms with Crippen molar-refractivity contribution in [3.8, 4) is 5.88 Å². The van der Waals surface area contributed by atoms with Crippen molar-refractivity contribution in [2.24, 2.45) is 0 Å². The zero-order valence-corrected chi connectivity index (χ0v) is 12.0. The molecule has 2 rings (SSSR count). The van der Waals surface area contributed by atoms with Gasteiger partial charge in [0.25, 0.3) is 0 Å². The molecule has 5 nitrogen and oxygen atoms in total. The van der Waals surface area contributed by atoms with Crippen LogP contribution >= 0.6 is 0 Å². The van der Waals surface area contributed by atoms with Gasteiger partial charge in [-0.3, -0.25) is 0 Å². The van der Waals surface area contributed by atoms with E-state index in [2.05, 4.69) is 10.3 Å². The van der Waals surface area contributed by atoms with Crippen LogP contribution in [0.4, 0.5) is 0 Å². The van der Waals surface area contributed by atoms with Crippen LogP contribution in [-0.4, -0.2) is 42.6 Å². The largest absolute Gasteiger partial charge is 0.481 e. The lowest BCUT2D eigenvalue weighted by molar-refractivity contribution is -0.00550. The van der Waals surface area contributed by atoms with E-state index in [0.29, 0.717) is 31.7 Å². The maximum absolute atomic E-state index is 9.86. The molecule has 1 aromatic heterocycles. The van der Waals surface area contributed by atoms with Crippen LogP contribution in [0.5, 0.6) is 5.88 Å². The molecule has 0 aliphatic heterocycles. The maximum Gasteiger partial charge on any atom is 0.213 e. The molecule has 1 aromatic rings. The lowest BCUT2D eigenvalue weighted by Gasteiger charge is -2.16. The van der Waals surface area contributed by atoms with Crippen LogP contribution < -0.4 is 10.1 Å². The molecular weight excluding hydrogens is 256 g/mol. The number of aromatic nitrogens is 1. The van der Waals surface area contributed by atoms with Crippen LogP contribution in [0.25, 0.3) is 0 Å². The molecule has 112 valence electrons. The van der Waals surface area contributed by atoms with Gasteiger partial charge in [-0.2, -0.15) is 0 Å². The zero-order chi connectivity index (χ0) is 14.2. The molecule has 0 aromatic carbocycles. The van der Waals surface area contributed by atoms with Gasteiger partial charge in [-0.1, -0.05) is 12.8 Å². The first-order chi connectivity index (χ1) is 9.78. The predicted molar refractivity (Wildman–Crippen MR) is 76.7 cm³/mol. The van der Waals surface area contributed by atoms with E-state index in [4.69, 9.17) is 9.47 Å². The fourth-order valence-electron chi connectivity index (χ4n) is 2.42. The summed E-state index contributed by atoms with van der Waals surface area (Å²) in [5, 5.41) is 13.1. The first-order valence-corrected chi connectivity index (χ1v) is 7.27. The van der Waals surface area contributed by atoms with Gasteiger partial charge in [-0.05, 0) is 24.5 Å². The van der Waals surface area contributed by atoms with Crippen LogP contribution in [0.15, 0.2) is 18.3 Å². The minimum absolute atomic E-state index is 0.356. The average Bonchev–Trinajstić information content (AvgIpc) is 2.99. The van der Waals surface area contributed by atoms with Crippen LogP contribution in [0.2, 0.25) is 0 Å². The third-order valence-corrected chi connectivity index (χ3v) is 3.54. The molecule has 1 saturated carbocycles. The second kappa shape index (κ2) is 8.19. The van der Waals surface area contributed by atoms with Crippen molar-refractivity contribution >= 4 is 0 Å². The van der Waals surface area contributed by atoms with Gasteiger partial charge in [0.15, 0.2) is 0 Å². The van der Waals surface area contributed by atoms with E-state index < -0.39 is 6.10 Å². The molecule has 2 N–H and O–H groups in total. The van der Waals surface area contributed by atoms with E-state index >= 15 is 0 Å². The van der Waals surface area contributed by atoms with Crippen molar-refractivity contribution < 1.29 is 14.6 Å². The summed E-state index contributed by atoms with van der Waals surface area (Å²) in [6, 6.07) is 3.81. The first-order valence-electron chi connectivity index (χ1n) is 7.27. The smallest absolute Gasteiger partial charge is 0.213 e. The van der Waals surface area contributed by atoms with Crippen LogP contribution in [0, 0.1) is 0 Å². The number of pyridine rings is 1. The number of nitrogens with zero attached hydrogens (tertiary/aromatic N) is 1. The number of rotatable bonds is 8. The van der Waals surface area contributed by atoms with Crippen molar-refractivity contribution in [2.75, 3.05) is 20.3 Å². The van der Waals surface area contributed by atoms with E-state index in [1.165, 1.54) is 12.8 Å². The lowest BCUT2D eigenvalue weighted by Crippen LogP contribution is -2.31. The predicted octanol–water partition coefficient (Wildman–Crippen LogP) is 1.50. The molecule has 1 aliphatic carbocycles. The Hall–Kier alpha value is -1.17. The second-order valence-electron chi connectivity index (χ2n) is 5.23. The van der Waals surface area contributed by atoms with Gasteiger partial charge >= 0.3 is 0 Å². The number of aliphatic hydroxyl groups excluding tert-OH is 1. The molecule has 1 fully saturated rings. The molecule has 0 amide bonds. The molecule has 1 aliphatic rings. The van der Waals surface area contributed by atoms with Crippen molar-refractivity contribution in [3.63, 3.8) is 0 Å². The minimum atomic E-state index is -0.459. The Morgan fingerprint density at radius 1 is 1.45 bits per heavy atom. The van der Waals surface area contributed by atoms with Crippen molar-refractivity contribution in [3.05, 3.63) is 23.9 Å². The Balaban J connectivity index is 1.61. The van der Waals surface area contributed by atoms with E-state index in [9.17, 15) is 5.11 Å². The van der Waals surface area contributed by atoms with Crippen molar-refractivity contribution in [1.82, 2.24) is 10.3 Å². The highest BCUT2D eigenvalue weighted by atomic mass is 16.5. The molecule has 0 radical (unpaired) electrons. The normalized spacial score (nSPS) is 17.3. The standard InChI is InChI=1S/C15H24N2O3/c1-19-15-8-12(6-7-17-15)9-16-10-13(18)11-20-14-4-2-3-5-14/h6-8,13-14,16,18H,2-5,9-11H2,1H3. The summed E-state index contributed by atoms with van der Waals surface area (Å²) >= 11 is 0. The second-order valence-corrected chi connectivity index (χ2v) is 5.23. The molecular formula is C15H24N2O3. The molecule has 20 heavy (non-hydrogen) atoms. The fraction of sp³-hybridized carbons (Fsp3) is 0.667. The minimum Gasteiger partial charge on any atom is -0.481 e. The molecule has 5 heteroatoms. The summed E-state index contributed by atoms with van der Waals surface area (Å²) in [6.45, 7) is 1.62. The van der Waals surface area contributed by atoms with Crippen LogP contribution in [-0.2, 0) is 11.3 Å². The molecule has 1 atom stereocenters. The van der Waals surface area contributed by atoms with E-state index in [-0.39, 0.29) is 0 Å². The molecule has 0 spiro atoms. The third kappa shape index (κ3) is 5.07. The van der Waals surface area contributed by atoms with E-state index in [1.54, 1.807) is 13.3 Å². The zero-order valence-electron chi connectivity index (χ0n) is 12.0. The van der Waals surface area contributed by atoms with Gasteiger partial charge in [-0.15, -0.1) is 0 Å². The molecule has 0 saturated heterocycles. The van der Waals surface area contributed by atoms with E-state index in [1.807, 2.05) is 12.1 Å². The number of aliphatic hydroxyl groups is 1. The van der Waals surface area contributed by atoms with Gasteiger partial charge in [0, 0.05) is 25.4 Å². The number of nitrogens with one attached hydrogen (secondary N) is 1. The number of ether oxygens (including phenoxy) is 2. The summed E-state index contributed by atoms with van der Waals surface area (Å²) in [4.78, 5) is 4.06. The third-order valence-electron chi connectivity index (χ3n) is 3.54. The van der Waals surface area contributed by atoms with Gasteiger partial charge in [0.1, 0.15) is 0 Å².